The lowest BCUT2D eigenvalue weighted by atomic mass is 10.2. The molecule has 0 aromatic carbocycles. The zero-order chi connectivity index (χ0) is 16.5. The number of amides is 1. The van der Waals surface area contributed by atoms with Crippen LogP contribution >= 0.6 is 0 Å². The Balaban J connectivity index is 1.99. The summed E-state index contributed by atoms with van der Waals surface area (Å²) in [5.41, 5.74) is 0.830. The molecule has 10 nitrogen and oxygen atoms in total. The first-order chi connectivity index (χ1) is 11.2. The summed E-state index contributed by atoms with van der Waals surface area (Å²) in [7, 11) is 0. The number of ether oxygens (including phenoxy) is 1. The number of hydrogen-bond acceptors (Lipinski definition) is 8. The van der Waals surface area contributed by atoms with Crippen molar-refractivity contribution in [2.24, 2.45) is 5.16 Å². The van der Waals surface area contributed by atoms with Gasteiger partial charge in [-0.05, 0) is 13.0 Å². The van der Waals surface area contributed by atoms with E-state index in [-0.39, 0.29) is 18.9 Å². The number of carbonyl (C=O) groups excluding carboxylic acids is 2. The van der Waals surface area contributed by atoms with Crippen LogP contribution in [0.3, 0.4) is 0 Å². The van der Waals surface area contributed by atoms with E-state index in [1.54, 1.807) is 13.0 Å². The molecule has 0 atom stereocenters. The number of esters is 1. The van der Waals surface area contributed by atoms with Gasteiger partial charge in [-0.25, -0.2) is 9.78 Å². The van der Waals surface area contributed by atoms with Crippen LogP contribution in [0.1, 0.15) is 18.3 Å². The predicted octanol–water partition coefficient (Wildman–Crippen LogP) is -0.00210. The Kier molecular flexibility index (Phi) is 5.86. The molecule has 0 saturated carbocycles. The van der Waals surface area contributed by atoms with Crippen molar-refractivity contribution in [2.75, 3.05) is 13.2 Å². The second-order valence-electron chi connectivity index (χ2n) is 4.15. The lowest BCUT2D eigenvalue weighted by molar-refractivity contribution is -0.148. The maximum Gasteiger partial charge on any atom is 0.347 e. The molecule has 2 heterocycles. The molecule has 2 aromatic rings. The van der Waals surface area contributed by atoms with E-state index in [1.165, 1.54) is 18.9 Å². The number of carbonyl (C=O) groups is 2. The first-order valence-electron chi connectivity index (χ1n) is 6.71. The zero-order valence-corrected chi connectivity index (χ0v) is 12.3. The Morgan fingerprint density at radius 3 is 3.00 bits per heavy atom. The van der Waals surface area contributed by atoms with E-state index in [2.05, 4.69) is 25.7 Å². The fourth-order valence-corrected chi connectivity index (χ4v) is 1.53. The zero-order valence-electron chi connectivity index (χ0n) is 12.3. The molecule has 0 bridgehead atoms. The fraction of sp³-hybridized carbons (Fsp3) is 0.308. The predicted molar refractivity (Wildman–Crippen MR) is 76.1 cm³/mol. The summed E-state index contributed by atoms with van der Waals surface area (Å²) in [6, 6.07) is 1.54. The molecular weight excluding hydrogens is 306 g/mol. The topological polar surface area (TPSA) is 132 Å². The molecule has 0 spiro atoms. The number of oxime groups is 1. The van der Waals surface area contributed by atoms with Crippen LogP contribution in [0.4, 0.5) is 0 Å². The van der Waals surface area contributed by atoms with Crippen molar-refractivity contribution in [1.29, 1.82) is 0 Å². The molecule has 122 valence electrons. The Morgan fingerprint density at radius 1 is 1.48 bits per heavy atom. The molecular formula is C13H15N5O5. The van der Waals surface area contributed by atoms with Crippen molar-refractivity contribution >= 4 is 17.6 Å². The summed E-state index contributed by atoms with van der Waals surface area (Å²) in [6.45, 7) is 1.66. The highest BCUT2D eigenvalue weighted by atomic mass is 16.7. The second-order valence-corrected chi connectivity index (χ2v) is 4.15. The molecule has 0 saturated heterocycles. The van der Waals surface area contributed by atoms with E-state index >= 15 is 0 Å². The molecule has 2 N–H and O–H groups in total. The van der Waals surface area contributed by atoms with Crippen LogP contribution in [0.2, 0.25) is 0 Å². The molecule has 1 amide bonds. The van der Waals surface area contributed by atoms with Crippen molar-refractivity contribution in [2.45, 2.75) is 13.5 Å². The van der Waals surface area contributed by atoms with Gasteiger partial charge in [0.1, 0.15) is 6.26 Å². The van der Waals surface area contributed by atoms with E-state index in [9.17, 15) is 9.59 Å². The highest BCUT2D eigenvalue weighted by Crippen LogP contribution is 1.99. The Morgan fingerprint density at radius 2 is 2.35 bits per heavy atom. The van der Waals surface area contributed by atoms with Crippen LogP contribution in [0.5, 0.6) is 0 Å². The number of oxazole rings is 1. The van der Waals surface area contributed by atoms with Crippen LogP contribution in [-0.2, 0) is 25.7 Å². The van der Waals surface area contributed by atoms with Gasteiger partial charge in [-0.2, -0.15) is 5.10 Å². The van der Waals surface area contributed by atoms with E-state index in [0.717, 1.165) is 0 Å². The smallest absolute Gasteiger partial charge is 0.347 e. The van der Waals surface area contributed by atoms with Crippen molar-refractivity contribution in [1.82, 2.24) is 20.5 Å². The van der Waals surface area contributed by atoms with Gasteiger partial charge in [0.2, 0.25) is 6.61 Å². The van der Waals surface area contributed by atoms with Gasteiger partial charge in [0.05, 0.1) is 24.5 Å². The molecule has 23 heavy (non-hydrogen) atoms. The van der Waals surface area contributed by atoms with Crippen LogP contribution in [0.25, 0.3) is 0 Å². The molecule has 0 aliphatic heterocycles. The van der Waals surface area contributed by atoms with Gasteiger partial charge in [0.15, 0.2) is 12.1 Å². The van der Waals surface area contributed by atoms with Crippen molar-refractivity contribution in [3.05, 3.63) is 36.3 Å². The van der Waals surface area contributed by atoms with E-state index in [4.69, 9.17) is 14.0 Å². The van der Waals surface area contributed by atoms with Crippen molar-refractivity contribution < 1.29 is 23.6 Å². The third kappa shape index (κ3) is 4.95. The summed E-state index contributed by atoms with van der Waals surface area (Å²) >= 11 is 0. The molecule has 2 rings (SSSR count). The number of nitrogens with zero attached hydrogens (tertiary/aromatic N) is 3. The Labute approximate surface area is 130 Å². The highest BCUT2D eigenvalue weighted by Gasteiger charge is 2.17. The standard InChI is InChI=1S/C13H15N5O5/c1-2-22-11(19)7-23-18-12(10-3-4-16-17-10)13(20)14-5-9-6-21-8-15-9/h3-4,6,8H,2,5,7H2,1H3,(H,14,20)(H,16,17)/b18-12+. The Hall–Kier alpha value is -3.17. The average molecular weight is 321 g/mol. The molecule has 2 aromatic heterocycles. The first kappa shape index (κ1) is 16.2. The molecule has 10 heteroatoms. The highest BCUT2D eigenvalue weighted by molar-refractivity contribution is 6.44. The second kappa shape index (κ2) is 8.32. The SMILES string of the molecule is CCOC(=O)CO/N=C(/C(=O)NCc1cocn1)c1ccn[nH]1. The fourth-order valence-electron chi connectivity index (χ4n) is 1.53. The van der Waals surface area contributed by atoms with E-state index in [1.807, 2.05) is 0 Å². The summed E-state index contributed by atoms with van der Waals surface area (Å²) in [6.07, 6.45) is 4.12. The average Bonchev–Trinajstić information content (AvgIpc) is 3.22. The van der Waals surface area contributed by atoms with E-state index < -0.39 is 18.5 Å². The van der Waals surface area contributed by atoms with Crippen molar-refractivity contribution in [3.8, 4) is 0 Å². The van der Waals surface area contributed by atoms with Crippen LogP contribution in [0, 0.1) is 0 Å². The van der Waals surface area contributed by atoms with Gasteiger partial charge in [-0.3, -0.25) is 9.89 Å². The monoisotopic (exact) mass is 321 g/mol. The summed E-state index contributed by atoms with van der Waals surface area (Å²) in [5, 5.41) is 12.6. The quantitative estimate of drug-likeness (QED) is 0.397. The van der Waals surface area contributed by atoms with Crippen LogP contribution < -0.4 is 5.32 Å². The van der Waals surface area contributed by atoms with Crippen LogP contribution in [0.15, 0.2) is 34.5 Å². The maximum atomic E-state index is 12.2. The largest absolute Gasteiger partial charge is 0.463 e. The number of aromatic amines is 1. The van der Waals surface area contributed by atoms with Crippen LogP contribution in [-0.4, -0.2) is 46.0 Å². The number of aromatic nitrogens is 3. The number of hydrogen-bond donors (Lipinski definition) is 2. The lowest BCUT2D eigenvalue weighted by Crippen LogP contribution is -2.32. The van der Waals surface area contributed by atoms with Gasteiger partial charge < -0.3 is 19.3 Å². The number of nitrogens with one attached hydrogen (secondary N) is 2. The van der Waals surface area contributed by atoms with Crippen molar-refractivity contribution in [3.63, 3.8) is 0 Å². The van der Waals surface area contributed by atoms with Gasteiger partial charge in [-0.1, -0.05) is 5.16 Å². The molecule has 0 radical (unpaired) electrons. The number of H-pyrrole nitrogens is 1. The molecule has 0 fully saturated rings. The minimum absolute atomic E-state index is 0.0599. The normalized spacial score (nSPS) is 11.1. The van der Waals surface area contributed by atoms with Gasteiger partial charge in [0.25, 0.3) is 5.91 Å². The lowest BCUT2D eigenvalue weighted by Gasteiger charge is -2.05. The third-order valence-corrected chi connectivity index (χ3v) is 2.53. The molecule has 0 unspecified atom stereocenters. The first-order valence-corrected chi connectivity index (χ1v) is 6.71. The summed E-state index contributed by atoms with van der Waals surface area (Å²) in [4.78, 5) is 32.1. The maximum absolute atomic E-state index is 12.2. The summed E-state index contributed by atoms with van der Waals surface area (Å²) in [5.74, 6) is -1.11. The molecule has 0 aliphatic carbocycles. The Bertz CT molecular complexity index is 650. The van der Waals surface area contributed by atoms with Gasteiger partial charge in [-0.15, -0.1) is 0 Å². The number of rotatable bonds is 8. The van der Waals surface area contributed by atoms with Gasteiger partial charge in [0, 0.05) is 6.20 Å². The third-order valence-electron chi connectivity index (χ3n) is 2.53. The minimum Gasteiger partial charge on any atom is -0.463 e. The molecule has 0 aliphatic rings. The minimum atomic E-state index is -0.580. The summed E-state index contributed by atoms with van der Waals surface area (Å²) < 4.78 is 9.51. The van der Waals surface area contributed by atoms with E-state index in [0.29, 0.717) is 11.4 Å². The van der Waals surface area contributed by atoms with Gasteiger partial charge >= 0.3 is 5.97 Å².